The van der Waals surface area contributed by atoms with Gasteiger partial charge in [0.2, 0.25) is 0 Å². The highest BCUT2D eigenvalue weighted by molar-refractivity contribution is 6.31. The second-order valence-corrected chi connectivity index (χ2v) is 9.36. The third kappa shape index (κ3) is 3.41. The molecule has 1 fully saturated rings. The first-order chi connectivity index (χ1) is 15.2. The third-order valence-corrected chi connectivity index (χ3v) is 6.94. The lowest BCUT2D eigenvalue weighted by Gasteiger charge is -2.46. The predicted octanol–water partition coefficient (Wildman–Crippen LogP) is 3.89. The van der Waals surface area contributed by atoms with Gasteiger partial charge in [-0.05, 0) is 24.3 Å². The second-order valence-electron chi connectivity index (χ2n) is 9.00. The molecule has 8 nitrogen and oxygen atoms in total. The normalized spacial score (nSPS) is 22.7. The third-order valence-electron chi connectivity index (χ3n) is 6.67. The van der Waals surface area contributed by atoms with Crippen LogP contribution >= 0.6 is 11.6 Å². The highest BCUT2D eigenvalue weighted by Gasteiger charge is 2.58. The average molecular weight is 463 g/mol. The number of methoxy groups -OCH3 is 2. The van der Waals surface area contributed by atoms with Crippen molar-refractivity contribution < 1.29 is 24.1 Å². The Balaban J connectivity index is 1.95. The first-order valence-electron chi connectivity index (χ1n) is 10.5. The van der Waals surface area contributed by atoms with Crippen molar-refractivity contribution in [2.24, 2.45) is 5.41 Å². The number of halogens is 1. The molecular formula is C23H27ClN2O6. The molecular weight excluding hydrogens is 436 g/mol. The lowest BCUT2D eigenvalue weighted by Crippen LogP contribution is -2.44. The number of hydrogen-bond donors (Lipinski definition) is 1. The van der Waals surface area contributed by atoms with Crippen LogP contribution in [0.5, 0.6) is 5.75 Å². The molecule has 2 aromatic rings. The van der Waals surface area contributed by atoms with Gasteiger partial charge in [-0.2, -0.15) is 0 Å². The molecule has 0 aromatic carbocycles. The minimum atomic E-state index is -1.26. The zero-order valence-electron chi connectivity index (χ0n) is 18.6. The molecule has 0 bridgehead atoms. The van der Waals surface area contributed by atoms with Gasteiger partial charge in [0.15, 0.2) is 16.3 Å². The molecule has 1 unspecified atom stereocenters. The fourth-order valence-electron chi connectivity index (χ4n) is 5.21. The van der Waals surface area contributed by atoms with Crippen LogP contribution in [0.4, 0.5) is 0 Å². The highest BCUT2D eigenvalue weighted by Crippen LogP contribution is 2.62. The Hall–Kier alpha value is -2.42. The molecule has 2 aliphatic rings. The molecule has 1 aliphatic heterocycles. The van der Waals surface area contributed by atoms with Gasteiger partial charge >= 0.3 is 5.97 Å². The van der Waals surface area contributed by atoms with E-state index >= 15 is 0 Å². The average Bonchev–Trinajstić information content (AvgIpc) is 3.03. The van der Waals surface area contributed by atoms with E-state index in [9.17, 15) is 14.7 Å². The molecule has 2 atom stereocenters. The fourth-order valence-corrected chi connectivity index (χ4v) is 5.40. The van der Waals surface area contributed by atoms with Crippen molar-refractivity contribution in [2.45, 2.75) is 44.8 Å². The van der Waals surface area contributed by atoms with Crippen molar-refractivity contribution in [1.29, 1.82) is 0 Å². The quantitative estimate of drug-likeness (QED) is 0.492. The number of hydrogen-bond acceptors (Lipinski definition) is 6. The Morgan fingerprint density at radius 3 is 2.69 bits per heavy atom. The van der Waals surface area contributed by atoms with E-state index < -0.39 is 17.0 Å². The van der Waals surface area contributed by atoms with Gasteiger partial charge < -0.3 is 23.9 Å². The molecule has 1 aliphatic carbocycles. The number of carboxylic acid groups (broad SMARTS) is 1. The standard InChI is InChI=1S/C23H27ClN2O6/c1-22(2)6-7-23(31-4)14-10-17(32-9-5-8-30-3)19(24)25-18(14)15-11-16(27)13(20(28)29)12-26(15)21(22)23/h10-12,21H,5-9H2,1-4H3,(H,28,29)/t21-,23?/m1/s1. The Bertz CT molecular complexity index is 1130. The summed E-state index contributed by atoms with van der Waals surface area (Å²) in [6, 6.07) is 2.94. The number of carbonyl (C=O) groups is 1. The minimum Gasteiger partial charge on any atom is -0.490 e. The van der Waals surface area contributed by atoms with Gasteiger partial charge in [0.05, 0.1) is 24.0 Å². The molecule has 4 rings (SSSR count). The monoisotopic (exact) mass is 462 g/mol. The molecule has 2 aromatic heterocycles. The summed E-state index contributed by atoms with van der Waals surface area (Å²) in [5, 5.41) is 9.72. The Kier molecular flexibility index (Phi) is 5.81. The van der Waals surface area contributed by atoms with Crippen LogP contribution < -0.4 is 10.2 Å². The van der Waals surface area contributed by atoms with Crippen LogP contribution in [-0.4, -0.2) is 48.1 Å². The van der Waals surface area contributed by atoms with E-state index in [1.54, 1.807) is 14.2 Å². The van der Waals surface area contributed by atoms with Crippen molar-refractivity contribution in [1.82, 2.24) is 9.55 Å². The second kappa shape index (κ2) is 8.17. The largest absolute Gasteiger partial charge is 0.490 e. The number of carboxylic acids is 1. The number of fused-ring (bicyclic) bond motifs is 6. The van der Waals surface area contributed by atoms with Crippen LogP contribution in [0.2, 0.25) is 5.15 Å². The van der Waals surface area contributed by atoms with E-state index in [1.165, 1.54) is 12.3 Å². The van der Waals surface area contributed by atoms with Crippen LogP contribution in [-0.2, 0) is 15.1 Å². The maximum Gasteiger partial charge on any atom is 0.341 e. The van der Waals surface area contributed by atoms with E-state index in [2.05, 4.69) is 18.8 Å². The summed E-state index contributed by atoms with van der Waals surface area (Å²) >= 11 is 6.46. The van der Waals surface area contributed by atoms with E-state index in [4.69, 9.17) is 25.8 Å². The first-order valence-corrected chi connectivity index (χ1v) is 10.9. The lowest BCUT2D eigenvalue weighted by molar-refractivity contribution is -0.0608. The van der Waals surface area contributed by atoms with Crippen molar-refractivity contribution in [3.8, 4) is 17.1 Å². The molecule has 0 amide bonds. The maximum atomic E-state index is 12.6. The zero-order chi connectivity index (χ0) is 23.3. The molecule has 1 saturated carbocycles. The summed E-state index contributed by atoms with van der Waals surface area (Å²) in [6.45, 7) is 5.23. The van der Waals surface area contributed by atoms with Crippen LogP contribution in [0, 0.1) is 5.41 Å². The fraction of sp³-hybridized carbons (Fsp3) is 0.522. The smallest absolute Gasteiger partial charge is 0.341 e. The van der Waals surface area contributed by atoms with Gasteiger partial charge in [-0.1, -0.05) is 25.4 Å². The molecule has 9 heteroatoms. The predicted molar refractivity (Wildman–Crippen MR) is 119 cm³/mol. The molecule has 0 spiro atoms. The van der Waals surface area contributed by atoms with Gasteiger partial charge in [0.25, 0.3) is 0 Å². The molecule has 3 heterocycles. The summed E-state index contributed by atoms with van der Waals surface area (Å²) < 4.78 is 19.0. The Morgan fingerprint density at radius 1 is 1.28 bits per heavy atom. The first kappa shape index (κ1) is 22.8. The number of rotatable bonds is 7. The van der Waals surface area contributed by atoms with Gasteiger partial charge in [0.1, 0.15) is 11.2 Å². The van der Waals surface area contributed by atoms with E-state index in [0.29, 0.717) is 43.2 Å². The SMILES string of the molecule is COCCCOc1cc2c(nc1Cl)-c1cc(=O)c(C(=O)O)cn1[C@@H]1C(C)(C)CCC21OC. The van der Waals surface area contributed by atoms with Crippen LogP contribution in [0.1, 0.15) is 55.1 Å². The number of nitrogens with zero attached hydrogens (tertiary/aromatic N) is 2. The summed E-state index contributed by atoms with van der Waals surface area (Å²) in [6.07, 6.45) is 3.66. The Morgan fingerprint density at radius 2 is 2.03 bits per heavy atom. The number of aromatic nitrogens is 2. The Labute approximate surface area is 191 Å². The molecule has 0 radical (unpaired) electrons. The lowest BCUT2D eigenvalue weighted by atomic mass is 9.76. The van der Waals surface area contributed by atoms with Gasteiger partial charge in [-0.15, -0.1) is 0 Å². The zero-order valence-corrected chi connectivity index (χ0v) is 19.4. The minimum absolute atomic E-state index is 0.171. The van der Waals surface area contributed by atoms with Gasteiger partial charge in [-0.3, -0.25) is 4.79 Å². The molecule has 32 heavy (non-hydrogen) atoms. The number of aromatic carboxylic acids is 1. The summed E-state index contributed by atoms with van der Waals surface area (Å²) in [7, 11) is 3.28. The maximum absolute atomic E-state index is 12.6. The van der Waals surface area contributed by atoms with E-state index in [0.717, 1.165) is 12.0 Å². The summed E-state index contributed by atoms with van der Waals surface area (Å²) in [5.41, 5.74) is -0.0308. The molecule has 0 saturated heterocycles. The number of pyridine rings is 2. The highest BCUT2D eigenvalue weighted by atomic mass is 35.5. The number of ether oxygens (including phenoxy) is 3. The van der Waals surface area contributed by atoms with Crippen molar-refractivity contribution in [3.63, 3.8) is 0 Å². The van der Waals surface area contributed by atoms with Crippen LogP contribution in [0.25, 0.3) is 11.4 Å². The molecule has 1 N–H and O–H groups in total. The van der Waals surface area contributed by atoms with Crippen molar-refractivity contribution in [3.05, 3.63) is 44.8 Å². The van der Waals surface area contributed by atoms with Crippen LogP contribution in [0.15, 0.2) is 23.1 Å². The van der Waals surface area contributed by atoms with Crippen molar-refractivity contribution in [2.75, 3.05) is 27.4 Å². The van der Waals surface area contributed by atoms with E-state index in [-0.39, 0.29) is 22.2 Å². The van der Waals surface area contributed by atoms with E-state index in [1.807, 2.05) is 10.6 Å². The summed E-state index contributed by atoms with van der Waals surface area (Å²) in [5.74, 6) is -0.819. The van der Waals surface area contributed by atoms with Gasteiger partial charge in [0, 0.05) is 45.1 Å². The summed E-state index contributed by atoms with van der Waals surface area (Å²) in [4.78, 5) is 28.9. The van der Waals surface area contributed by atoms with Gasteiger partial charge in [-0.25, -0.2) is 9.78 Å². The van der Waals surface area contributed by atoms with Crippen LogP contribution in [0.3, 0.4) is 0 Å². The topological polar surface area (TPSA) is 99.9 Å². The van der Waals surface area contributed by atoms with Crippen molar-refractivity contribution >= 4 is 17.6 Å². The molecule has 172 valence electrons.